The minimum atomic E-state index is -3.92. The third-order valence-electron chi connectivity index (χ3n) is 6.78. The average molecular weight is 522 g/mol. The van der Waals surface area contributed by atoms with Gasteiger partial charge in [-0.1, -0.05) is 41.5 Å². The zero-order valence-corrected chi connectivity index (χ0v) is 21.9. The van der Waals surface area contributed by atoms with Crippen molar-refractivity contribution in [2.24, 2.45) is 0 Å². The smallest absolute Gasteiger partial charge is 0.264 e. The molecule has 3 aromatic rings. The van der Waals surface area contributed by atoms with Gasteiger partial charge in [0.1, 0.15) is 6.54 Å². The van der Waals surface area contributed by atoms with Crippen molar-refractivity contribution in [1.29, 1.82) is 0 Å². The summed E-state index contributed by atoms with van der Waals surface area (Å²) in [5.74, 6) is 1.31. The summed E-state index contributed by atoms with van der Waals surface area (Å²) >= 11 is 0. The van der Waals surface area contributed by atoms with Gasteiger partial charge in [0.2, 0.25) is 12.7 Å². The SMILES string of the molecule is Cc1ccc(N(CC(=O)N2CCN(Cc3ccc4c(c3)OCO4)CC2)S(=O)(=O)c2ccc(C)cc2)cc1. The van der Waals surface area contributed by atoms with Gasteiger partial charge in [-0.25, -0.2) is 8.42 Å². The van der Waals surface area contributed by atoms with Gasteiger partial charge in [0, 0.05) is 32.7 Å². The maximum Gasteiger partial charge on any atom is 0.264 e. The van der Waals surface area contributed by atoms with Crippen LogP contribution < -0.4 is 13.8 Å². The van der Waals surface area contributed by atoms with E-state index in [0.717, 1.165) is 34.7 Å². The fourth-order valence-electron chi connectivity index (χ4n) is 4.54. The number of sulfonamides is 1. The summed E-state index contributed by atoms with van der Waals surface area (Å²) in [7, 11) is -3.92. The van der Waals surface area contributed by atoms with Gasteiger partial charge < -0.3 is 14.4 Å². The first-order valence-corrected chi connectivity index (χ1v) is 13.8. The Hall–Kier alpha value is -3.56. The maximum absolute atomic E-state index is 13.6. The number of hydrogen-bond donors (Lipinski definition) is 0. The van der Waals surface area contributed by atoms with Crippen LogP contribution in [0.15, 0.2) is 71.6 Å². The van der Waals surface area contributed by atoms with E-state index < -0.39 is 10.0 Å². The molecule has 0 aromatic heterocycles. The van der Waals surface area contributed by atoms with Crippen LogP contribution >= 0.6 is 0 Å². The molecule has 0 aliphatic carbocycles. The summed E-state index contributed by atoms with van der Waals surface area (Å²) in [5, 5.41) is 0. The number of benzene rings is 3. The number of amides is 1. The highest BCUT2D eigenvalue weighted by Gasteiger charge is 2.30. The number of anilines is 1. The number of ether oxygens (including phenoxy) is 2. The number of carbonyl (C=O) groups is 1. The molecule has 1 saturated heterocycles. The minimum Gasteiger partial charge on any atom is -0.454 e. The average Bonchev–Trinajstić information content (AvgIpc) is 3.36. The van der Waals surface area contributed by atoms with Crippen LogP contribution in [-0.2, 0) is 21.4 Å². The highest BCUT2D eigenvalue weighted by Crippen LogP contribution is 2.33. The van der Waals surface area contributed by atoms with Crippen LogP contribution in [0, 0.1) is 13.8 Å². The summed E-state index contributed by atoms with van der Waals surface area (Å²) in [6.45, 7) is 7.08. The predicted octanol–water partition coefficient (Wildman–Crippen LogP) is 3.57. The molecule has 0 radical (unpaired) electrons. The van der Waals surface area contributed by atoms with Crippen molar-refractivity contribution in [1.82, 2.24) is 9.80 Å². The summed E-state index contributed by atoms with van der Waals surface area (Å²) in [6, 6.07) is 19.9. The lowest BCUT2D eigenvalue weighted by atomic mass is 10.1. The van der Waals surface area contributed by atoms with Crippen molar-refractivity contribution in [2.75, 3.05) is 43.8 Å². The fraction of sp³-hybridized carbons (Fsp3) is 0.321. The highest BCUT2D eigenvalue weighted by molar-refractivity contribution is 7.92. The summed E-state index contributed by atoms with van der Waals surface area (Å²) in [5.41, 5.74) is 3.58. The first kappa shape index (κ1) is 25.1. The van der Waals surface area contributed by atoms with E-state index in [1.165, 1.54) is 4.31 Å². The summed E-state index contributed by atoms with van der Waals surface area (Å²) < 4.78 is 39.3. The quantitative estimate of drug-likeness (QED) is 0.473. The Morgan fingerprint density at radius 1 is 0.838 bits per heavy atom. The molecule has 0 bridgehead atoms. The van der Waals surface area contributed by atoms with Gasteiger partial charge in [-0.05, 0) is 55.8 Å². The zero-order valence-electron chi connectivity index (χ0n) is 21.1. The third kappa shape index (κ3) is 5.57. The summed E-state index contributed by atoms with van der Waals surface area (Å²) in [4.78, 5) is 17.5. The number of rotatable bonds is 7. The number of fused-ring (bicyclic) bond motifs is 1. The maximum atomic E-state index is 13.6. The van der Waals surface area contributed by atoms with Crippen molar-refractivity contribution in [3.05, 3.63) is 83.4 Å². The lowest BCUT2D eigenvalue weighted by molar-refractivity contribution is -0.131. The normalized spacial score (nSPS) is 15.6. The topological polar surface area (TPSA) is 79.4 Å². The minimum absolute atomic E-state index is 0.167. The van der Waals surface area contributed by atoms with E-state index in [4.69, 9.17) is 9.47 Å². The highest BCUT2D eigenvalue weighted by atomic mass is 32.2. The molecule has 2 aliphatic heterocycles. The Labute approximate surface area is 218 Å². The second kappa shape index (κ2) is 10.4. The molecule has 9 heteroatoms. The molecule has 8 nitrogen and oxygen atoms in total. The molecular formula is C28H31N3O5S. The van der Waals surface area contributed by atoms with Crippen molar-refractivity contribution in [2.45, 2.75) is 25.3 Å². The molecular weight excluding hydrogens is 490 g/mol. The van der Waals surface area contributed by atoms with Crippen molar-refractivity contribution in [3.63, 3.8) is 0 Å². The van der Waals surface area contributed by atoms with Gasteiger partial charge in [-0.15, -0.1) is 0 Å². The second-order valence-electron chi connectivity index (χ2n) is 9.50. The van der Waals surface area contributed by atoms with E-state index in [-0.39, 0.29) is 24.1 Å². The monoisotopic (exact) mass is 521 g/mol. The molecule has 2 aliphatic rings. The number of nitrogens with zero attached hydrogens (tertiary/aromatic N) is 3. The molecule has 0 spiro atoms. The Kier molecular flexibility index (Phi) is 7.08. The molecule has 0 atom stereocenters. The first-order valence-electron chi connectivity index (χ1n) is 12.3. The van der Waals surface area contributed by atoms with E-state index in [9.17, 15) is 13.2 Å². The molecule has 1 fully saturated rings. The zero-order chi connectivity index (χ0) is 26.0. The van der Waals surface area contributed by atoms with Crippen LogP contribution in [0.5, 0.6) is 11.5 Å². The van der Waals surface area contributed by atoms with Crippen molar-refractivity contribution < 1.29 is 22.7 Å². The van der Waals surface area contributed by atoms with E-state index in [0.29, 0.717) is 31.9 Å². The van der Waals surface area contributed by atoms with Crippen LogP contribution in [0.25, 0.3) is 0 Å². The Morgan fingerprint density at radius 2 is 1.46 bits per heavy atom. The Morgan fingerprint density at radius 3 is 2.14 bits per heavy atom. The molecule has 0 saturated carbocycles. The predicted molar refractivity (Wildman–Crippen MR) is 141 cm³/mol. The standard InChI is InChI=1S/C28H31N3O5S/c1-21-3-8-24(9-4-21)31(37(33,34)25-10-5-22(2)6-11-25)19-28(32)30-15-13-29(14-16-30)18-23-7-12-26-27(17-23)36-20-35-26/h3-12,17H,13-16,18-20H2,1-2H3. The van der Waals surface area contributed by atoms with Gasteiger partial charge in [0.25, 0.3) is 10.0 Å². The molecule has 2 heterocycles. The van der Waals surface area contributed by atoms with Crippen LogP contribution in [-0.4, -0.2) is 63.6 Å². The number of aryl methyl sites for hydroxylation is 2. The van der Waals surface area contributed by atoms with Gasteiger partial charge in [-0.3, -0.25) is 14.0 Å². The van der Waals surface area contributed by atoms with Crippen molar-refractivity contribution in [3.8, 4) is 11.5 Å². The van der Waals surface area contributed by atoms with E-state index >= 15 is 0 Å². The summed E-state index contributed by atoms with van der Waals surface area (Å²) in [6.07, 6.45) is 0. The largest absolute Gasteiger partial charge is 0.454 e. The molecule has 0 unspecified atom stereocenters. The molecule has 0 N–H and O–H groups in total. The molecule has 1 amide bonds. The van der Waals surface area contributed by atoms with Crippen LogP contribution in [0.4, 0.5) is 5.69 Å². The van der Waals surface area contributed by atoms with Gasteiger partial charge in [0.05, 0.1) is 10.6 Å². The molecule has 37 heavy (non-hydrogen) atoms. The van der Waals surface area contributed by atoms with E-state index in [1.807, 2.05) is 44.2 Å². The van der Waals surface area contributed by atoms with Crippen LogP contribution in [0.1, 0.15) is 16.7 Å². The Bertz CT molecular complexity index is 1370. The number of carbonyl (C=O) groups excluding carboxylic acids is 1. The van der Waals surface area contributed by atoms with E-state index in [1.54, 1.807) is 41.3 Å². The second-order valence-corrected chi connectivity index (χ2v) is 11.4. The third-order valence-corrected chi connectivity index (χ3v) is 8.57. The Balaban J connectivity index is 1.27. The van der Waals surface area contributed by atoms with Gasteiger partial charge >= 0.3 is 0 Å². The molecule has 5 rings (SSSR count). The number of hydrogen-bond acceptors (Lipinski definition) is 6. The fourth-order valence-corrected chi connectivity index (χ4v) is 5.95. The first-order chi connectivity index (χ1) is 17.8. The van der Waals surface area contributed by atoms with Gasteiger partial charge in [-0.2, -0.15) is 0 Å². The lowest BCUT2D eigenvalue weighted by Gasteiger charge is -2.36. The van der Waals surface area contributed by atoms with E-state index in [2.05, 4.69) is 4.90 Å². The van der Waals surface area contributed by atoms with Crippen LogP contribution in [0.3, 0.4) is 0 Å². The van der Waals surface area contributed by atoms with Crippen LogP contribution in [0.2, 0.25) is 0 Å². The molecule has 3 aromatic carbocycles. The number of piperazine rings is 1. The lowest BCUT2D eigenvalue weighted by Crippen LogP contribution is -2.51. The van der Waals surface area contributed by atoms with Crippen molar-refractivity contribution >= 4 is 21.6 Å². The molecule has 194 valence electrons. The van der Waals surface area contributed by atoms with Gasteiger partial charge in [0.15, 0.2) is 11.5 Å².